The van der Waals surface area contributed by atoms with E-state index in [0.717, 1.165) is 33.9 Å². The number of benzene rings is 3. The molecular weight excluding hydrogens is 517 g/mol. The van der Waals surface area contributed by atoms with Crippen molar-refractivity contribution in [3.05, 3.63) is 89.5 Å². The molecule has 0 unspecified atom stereocenters. The predicted octanol–water partition coefficient (Wildman–Crippen LogP) is 5.35. The Labute approximate surface area is 247 Å². The fourth-order valence-electron chi connectivity index (χ4n) is 5.22. The van der Waals surface area contributed by atoms with Gasteiger partial charge in [0.15, 0.2) is 0 Å². The first kappa shape index (κ1) is 34.2. The van der Waals surface area contributed by atoms with Gasteiger partial charge in [-0.15, -0.1) is 0 Å². The number of ether oxygens (including phenoxy) is 3. The summed E-state index contributed by atoms with van der Waals surface area (Å²) in [5.41, 5.74) is 2.07. The van der Waals surface area contributed by atoms with Crippen molar-refractivity contribution in [2.75, 3.05) is 47.5 Å². The third-order valence-electron chi connectivity index (χ3n) is 8.09. The highest BCUT2D eigenvalue weighted by atomic mass is 16.6. The lowest BCUT2D eigenvalue weighted by Crippen LogP contribution is -2.47. The lowest BCUT2D eigenvalue weighted by molar-refractivity contribution is -0.921. The van der Waals surface area contributed by atoms with Crippen LogP contribution < -0.4 is 14.2 Å². The highest BCUT2D eigenvalue weighted by Gasteiger charge is 2.36. The zero-order valence-corrected chi connectivity index (χ0v) is 25.9. The molecule has 41 heavy (non-hydrogen) atoms. The molecule has 0 atom stereocenters. The Kier molecular flexibility index (Phi) is 14.2. The zero-order valence-electron chi connectivity index (χ0n) is 25.9. The largest absolute Gasteiger partial charge is 0.634 e. The molecule has 0 fully saturated rings. The Bertz CT molecular complexity index is 978. The van der Waals surface area contributed by atoms with Crippen molar-refractivity contribution < 1.29 is 33.4 Å². The Hall–Kier alpha value is -3.04. The molecule has 0 spiro atoms. The number of nitrogens with zero attached hydrogens (tertiary/aromatic N) is 1. The van der Waals surface area contributed by atoms with Gasteiger partial charge in [-0.25, -0.2) is 0 Å². The molecule has 8 heteroatoms. The van der Waals surface area contributed by atoms with Crippen LogP contribution >= 0.6 is 0 Å². The minimum atomic E-state index is -1.91. The van der Waals surface area contributed by atoms with E-state index in [1.54, 1.807) is 21.3 Å². The van der Waals surface area contributed by atoms with Crippen molar-refractivity contribution in [2.24, 2.45) is 0 Å². The Morgan fingerprint density at radius 2 is 0.805 bits per heavy atom. The third kappa shape index (κ3) is 10.7. The number of methoxy groups -OCH3 is 3. The Balaban J connectivity index is 0.000000564. The zero-order chi connectivity index (χ0) is 30.3. The third-order valence-corrected chi connectivity index (χ3v) is 8.09. The number of rotatable bonds is 15. The Morgan fingerprint density at radius 3 is 0.976 bits per heavy atom. The highest BCUT2D eigenvalue weighted by Crippen LogP contribution is 2.30. The summed E-state index contributed by atoms with van der Waals surface area (Å²) in [6, 6.07) is 23.1. The van der Waals surface area contributed by atoms with Crippen LogP contribution in [0, 0.1) is 0 Å². The topological polar surface area (TPSA) is 77.4 Å². The summed E-state index contributed by atoms with van der Waals surface area (Å²) < 4.78 is 22.9. The van der Waals surface area contributed by atoms with E-state index in [2.05, 4.69) is 27.7 Å². The van der Waals surface area contributed by atoms with Gasteiger partial charge in [-0.1, -0.05) is 36.4 Å². The molecule has 0 aromatic heterocycles. The molecule has 0 heterocycles. The fourth-order valence-corrected chi connectivity index (χ4v) is 5.22. The van der Waals surface area contributed by atoms with Gasteiger partial charge < -0.3 is 33.4 Å². The van der Waals surface area contributed by atoms with Gasteiger partial charge in [-0.2, -0.15) is 0 Å². The molecule has 3 aromatic rings. The molecule has 3 aromatic carbocycles. The normalized spacial score (nSPS) is 11.3. The van der Waals surface area contributed by atoms with Gasteiger partial charge in [0.25, 0.3) is 0 Å². The average molecular weight is 567 g/mol. The standard InChI is InChI=1S/C25H29BO6.C8H20N/c1-29-22-10-4-19(5-11-22)16-25(32-26(27)28,17-20-6-12-23(30-2)13-7-20)18-21-8-14-24(31-3)15-9-21;1-5-9(6-2,7-3)8-4/h4-15,27-28H,16-18H2,1-3H3;5-8H2,1-4H3/q;+1. The molecule has 3 rings (SSSR count). The second kappa shape index (κ2) is 17.0. The lowest BCUT2D eigenvalue weighted by atomic mass is 9.81. The maximum atomic E-state index is 9.84. The molecule has 0 aliphatic carbocycles. The van der Waals surface area contributed by atoms with E-state index in [9.17, 15) is 10.0 Å². The second-order valence-corrected chi connectivity index (χ2v) is 10.3. The first-order valence-corrected chi connectivity index (χ1v) is 14.5. The summed E-state index contributed by atoms with van der Waals surface area (Å²) in [5.74, 6) is 2.27. The molecule has 0 radical (unpaired) electrons. The van der Waals surface area contributed by atoms with Crippen molar-refractivity contribution >= 4 is 7.32 Å². The number of quaternary nitrogens is 1. The molecule has 0 aliphatic heterocycles. The van der Waals surface area contributed by atoms with Gasteiger partial charge in [-0.3, -0.25) is 0 Å². The van der Waals surface area contributed by atoms with E-state index in [0.29, 0.717) is 19.3 Å². The van der Waals surface area contributed by atoms with E-state index in [1.807, 2.05) is 72.8 Å². The van der Waals surface area contributed by atoms with Gasteiger partial charge in [-0.05, 0) is 80.8 Å². The van der Waals surface area contributed by atoms with Crippen LogP contribution in [-0.4, -0.2) is 75.0 Å². The van der Waals surface area contributed by atoms with Crippen LogP contribution in [-0.2, 0) is 23.9 Å². The number of hydrogen-bond acceptors (Lipinski definition) is 6. The van der Waals surface area contributed by atoms with Crippen molar-refractivity contribution in [1.29, 1.82) is 0 Å². The van der Waals surface area contributed by atoms with Crippen molar-refractivity contribution in [3.63, 3.8) is 0 Å². The first-order chi connectivity index (χ1) is 19.7. The van der Waals surface area contributed by atoms with Gasteiger partial charge in [0.05, 0.1) is 53.1 Å². The van der Waals surface area contributed by atoms with Crippen LogP contribution in [0.1, 0.15) is 44.4 Å². The van der Waals surface area contributed by atoms with Gasteiger partial charge in [0, 0.05) is 19.3 Å². The van der Waals surface area contributed by atoms with Crippen LogP contribution in [0.3, 0.4) is 0 Å². The molecule has 0 bridgehead atoms. The summed E-state index contributed by atoms with van der Waals surface area (Å²) in [7, 11) is 2.96. The monoisotopic (exact) mass is 566 g/mol. The van der Waals surface area contributed by atoms with Crippen molar-refractivity contribution in [3.8, 4) is 17.2 Å². The van der Waals surface area contributed by atoms with Crippen molar-refractivity contribution in [1.82, 2.24) is 0 Å². The molecule has 0 amide bonds. The quantitative estimate of drug-likeness (QED) is 0.191. The van der Waals surface area contributed by atoms with E-state index < -0.39 is 12.9 Å². The van der Waals surface area contributed by atoms with E-state index in [4.69, 9.17) is 18.9 Å². The van der Waals surface area contributed by atoms with E-state index >= 15 is 0 Å². The minimum Gasteiger partial charge on any atom is -0.497 e. The van der Waals surface area contributed by atoms with Gasteiger partial charge in [0.2, 0.25) is 0 Å². The van der Waals surface area contributed by atoms with Crippen molar-refractivity contribution in [2.45, 2.75) is 52.6 Å². The average Bonchev–Trinajstić information content (AvgIpc) is 3.00. The summed E-state index contributed by atoms with van der Waals surface area (Å²) in [6.45, 7) is 14.2. The van der Waals surface area contributed by atoms with E-state index in [-0.39, 0.29) is 0 Å². The summed E-state index contributed by atoms with van der Waals surface area (Å²) in [6.07, 6.45) is 1.39. The van der Waals surface area contributed by atoms with Crippen LogP contribution in [0.2, 0.25) is 0 Å². The highest BCUT2D eigenvalue weighted by molar-refractivity contribution is 6.32. The maximum absolute atomic E-state index is 9.84. The molecule has 0 saturated heterocycles. The molecule has 7 nitrogen and oxygen atoms in total. The summed E-state index contributed by atoms with van der Waals surface area (Å²) in [4.78, 5) is 0. The SMILES string of the molecule is CC[N+](CC)(CC)CC.COc1ccc(CC(Cc2ccc(OC)cc2)(Cc2ccc(OC)cc2)OB(O)O)cc1. The Morgan fingerprint density at radius 1 is 0.537 bits per heavy atom. The predicted molar refractivity (Wildman–Crippen MR) is 167 cm³/mol. The molecule has 224 valence electrons. The maximum Gasteiger partial charge on any atom is 0.634 e. The van der Waals surface area contributed by atoms with Crippen LogP contribution in [0.15, 0.2) is 72.8 Å². The van der Waals surface area contributed by atoms with Crippen LogP contribution in [0.25, 0.3) is 0 Å². The smallest absolute Gasteiger partial charge is 0.497 e. The second-order valence-electron chi connectivity index (χ2n) is 10.3. The molecule has 0 aliphatic rings. The summed E-state index contributed by atoms with van der Waals surface area (Å²) in [5, 5.41) is 19.7. The van der Waals surface area contributed by atoms with Crippen LogP contribution in [0.4, 0.5) is 0 Å². The molecular formula is C33H49BNO6+. The van der Waals surface area contributed by atoms with Gasteiger partial charge >= 0.3 is 7.32 Å². The first-order valence-electron chi connectivity index (χ1n) is 14.5. The van der Waals surface area contributed by atoms with Gasteiger partial charge in [0.1, 0.15) is 17.2 Å². The molecule has 0 saturated carbocycles. The number of hydrogen-bond donors (Lipinski definition) is 2. The summed E-state index contributed by atoms with van der Waals surface area (Å²) >= 11 is 0. The van der Waals surface area contributed by atoms with Crippen LogP contribution in [0.5, 0.6) is 17.2 Å². The fraction of sp³-hybridized carbons (Fsp3) is 0.455. The minimum absolute atomic E-state index is 0.465. The molecule has 2 N–H and O–H groups in total. The van der Waals surface area contributed by atoms with E-state index in [1.165, 1.54) is 30.7 Å². The lowest BCUT2D eigenvalue weighted by Gasteiger charge is -2.35.